The number of halogens is 1. The van der Waals surface area contributed by atoms with Crippen LogP contribution in [0.3, 0.4) is 0 Å². The third kappa shape index (κ3) is 4.99. The zero-order valence-corrected chi connectivity index (χ0v) is 11.9. The third-order valence-electron chi connectivity index (χ3n) is 3.02. The van der Waals surface area contributed by atoms with Crippen molar-refractivity contribution < 1.29 is 13.9 Å². The second kappa shape index (κ2) is 7.24. The van der Waals surface area contributed by atoms with E-state index in [0.717, 1.165) is 5.56 Å². The average molecular weight is 267 g/mol. The number of esters is 1. The van der Waals surface area contributed by atoms with Gasteiger partial charge in [-0.25, -0.2) is 4.39 Å². The minimum Gasteiger partial charge on any atom is -0.468 e. The van der Waals surface area contributed by atoms with E-state index in [1.54, 1.807) is 6.07 Å². The van der Waals surface area contributed by atoms with Crippen LogP contribution in [-0.4, -0.2) is 25.2 Å². The van der Waals surface area contributed by atoms with Crippen molar-refractivity contribution in [2.75, 3.05) is 7.11 Å². The summed E-state index contributed by atoms with van der Waals surface area (Å²) in [5.74, 6) is -0.360. The summed E-state index contributed by atoms with van der Waals surface area (Å²) in [5.41, 5.74) is 0.910. The van der Waals surface area contributed by atoms with Crippen LogP contribution in [0.4, 0.5) is 4.39 Å². The van der Waals surface area contributed by atoms with Gasteiger partial charge in [0.1, 0.15) is 11.9 Å². The number of methoxy groups -OCH3 is 1. The van der Waals surface area contributed by atoms with Crippen molar-refractivity contribution in [1.29, 1.82) is 0 Å². The van der Waals surface area contributed by atoms with E-state index in [0.29, 0.717) is 6.42 Å². The smallest absolute Gasteiger partial charge is 0.323 e. The fourth-order valence-electron chi connectivity index (χ4n) is 2.04. The maximum Gasteiger partial charge on any atom is 0.323 e. The molecule has 19 heavy (non-hydrogen) atoms. The first-order valence-electron chi connectivity index (χ1n) is 6.52. The molecule has 0 amide bonds. The normalized spacial score (nSPS) is 14.2. The van der Waals surface area contributed by atoms with Gasteiger partial charge in [0.05, 0.1) is 7.11 Å². The van der Waals surface area contributed by atoms with Crippen LogP contribution in [0.15, 0.2) is 24.3 Å². The quantitative estimate of drug-likeness (QED) is 0.805. The van der Waals surface area contributed by atoms with Gasteiger partial charge in [-0.05, 0) is 37.0 Å². The summed E-state index contributed by atoms with van der Waals surface area (Å²) in [6, 6.07) is 6.23. The second-order valence-electron chi connectivity index (χ2n) is 5.15. The zero-order valence-electron chi connectivity index (χ0n) is 11.9. The van der Waals surface area contributed by atoms with Crippen molar-refractivity contribution in [3.63, 3.8) is 0 Å². The Morgan fingerprint density at radius 2 is 2.05 bits per heavy atom. The Bertz CT molecular complexity index is 420. The van der Waals surface area contributed by atoms with Crippen LogP contribution in [0.1, 0.15) is 26.3 Å². The molecule has 0 aliphatic carbocycles. The molecule has 1 rings (SSSR count). The predicted octanol–water partition coefficient (Wildman–Crippen LogP) is 2.54. The van der Waals surface area contributed by atoms with Gasteiger partial charge in [0.2, 0.25) is 0 Å². The zero-order chi connectivity index (χ0) is 14.4. The molecular weight excluding hydrogens is 245 g/mol. The lowest BCUT2D eigenvalue weighted by Gasteiger charge is -2.24. The fraction of sp³-hybridized carbons (Fsp3) is 0.533. The van der Waals surface area contributed by atoms with Crippen LogP contribution in [0.5, 0.6) is 0 Å². The van der Waals surface area contributed by atoms with Crippen LogP contribution < -0.4 is 5.32 Å². The van der Waals surface area contributed by atoms with Gasteiger partial charge in [-0.15, -0.1) is 0 Å². The molecule has 2 atom stereocenters. The molecule has 0 aromatic heterocycles. The minimum absolute atomic E-state index is 0.0632. The summed E-state index contributed by atoms with van der Waals surface area (Å²) >= 11 is 0. The van der Waals surface area contributed by atoms with Crippen molar-refractivity contribution in [3.05, 3.63) is 35.6 Å². The van der Waals surface area contributed by atoms with Crippen LogP contribution in [-0.2, 0) is 16.0 Å². The molecule has 2 unspecified atom stereocenters. The van der Waals surface area contributed by atoms with E-state index in [1.807, 2.05) is 26.8 Å². The van der Waals surface area contributed by atoms with Gasteiger partial charge in [0.25, 0.3) is 0 Å². The number of benzene rings is 1. The van der Waals surface area contributed by atoms with E-state index in [4.69, 9.17) is 4.74 Å². The lowest BCUT2D eigenvalue weighted by molar-refractivity contribution is -0.144. The molecule has 0 radical (unpaired) electrons. The third-order valence-corrected chi connectivity index (χ3v) is 3.02. The van der Waals surface area contributed by atoms with Gasteiger partial charge in [-0.3, -0.25) is 4.79 Å². The number of hydrogen-bond donors (Lipinski definition) is 1. The average Bonchev–Trinajstić information content (AvgIpc) is 2.34. The molecular formula is C15H22FNO2. The summed E-state index contributed by atoms with van der Waals surface area (Å²) < 4.78 is 17.9. The van der Waals surface area contributed by atoms with E-state index >= 15 is 0 Å². The number of rotatable bonds is 6. The molecule has 0 heterocycles. The van der Waals surface area contributed by atoms with Gasteiger partial charge >= 0.3 is 5.97 Å². The van der Waals surface area contributed by atoms with Crippen LogP contribution in [0, 0.1) is 11.7 Å². The van der Waals surface area contributed by atoms with Crippen molar-refractivity contribution in [3.8, 4) is 0 Å². The Labute approximate surface area is 114 Å². The lowest BCUT2D eigenvalue weighted by atomic mass is 10.0. The first-order chi connectivity index (χ1) is 8.93. The van der Waals surface area contributed by atoms with E-state index in [-0.39, 0.29) is 29.8 Å². The van der Waals surface area contributed by atoms with Crippen LogP contribution >= 0.6 is 0 Å². The highest BCUT2D eigenvalue weighted by atomic mass is 19.1. The molecule has 0 spiro atoms. The maximum atomic E-state index is 13.1. The van der Waals surface area contributed by atoms with Crippen LogP contribution in [0.25, 0.3) is 0 Å². The Kier molecular flexibility index (Phi) is 5.96. The summed E-state index contributed by atoms with van der Waals surface area (Å²) in [5, 5.41) is 3.24. The van der Waals surface area contributed by atoms with E-state index in [9.17, 15) is 9.18 Å². The van der Waals surface area contributed by atoms with E-state index < -0.39 is 0 Å². The molecule has 0 aliphatic heterocycles. The van der Waals surface area contributed by atoms with Crippen LogP contribution in [0.2, 0.25) is 0 Å². The van der Waals surface area contributed by atoms with Gasteiger partial charge in [-0.1, -0.05) is 26.0 Å². The summed E-state index contributed by atoms with van der Waals surface area (Å²) in [6.45, 7) is 5.90. The molecule has 4 heteroatoms. The Hall–Kier alpha value is -1.42. The Balaban J connectivity index is 2.62. The van der Waals surface area contributed by atoms with Gasteiger partial charge in [-0.2, -0.15) is 0 Å². The highest BCUT2D eigenvalue weighted by Crippen LogP contribution is 2.09. The minimum atomic E-state index is -0.339. The lowest BCUT2D eigenvalue weighted by Crippen LogP contribution is -2.46. The summed E-state index contributed by atoms with van der Waals surface area (Å²) in [6.07, 6.45) is 0.665. The van der Waals surface area contributed by atoms with Crippen molar-refractivity contribution in [2.45, 2.75) is 39.3 Å². The second-order valence-corrected chi connectivity index (χ2v) is 5.15. The highest BCUT2D eigenvalue weighted by Gasteiger charge is 2.24. The Morgan fingerprint density at radius 1 is 1.37 bits per heavy atom. The number of carbonyl (C=O) groups excluding carboxylic acids is 1. The largest absolute Gasteiger partial charge is 0.468 e. The molecule has 106 valence electrons. The molecule has 1 aromatic carbocycles. The van der Waals surface area contributed by atoms with Gasteiger partial charge in [0.15, 0.2) is 0 Å². The van der Waals surface area contributed by atoms with Gasteiger partial charge in [0, 0.05) is 6.04 Å². The van der Waals surface area contributed by atoms with E-state index in [1.165, 1.54) is 19.2 Å². The summed E-state index contributed by atoms with van der Waals surface area (Å²) in [7, 11) is 1.39. The van der Waals surface area contributed by atoms with Gasteiger partial charge < -0.3 is 10.1 Å². The SMILES string of the molecule is COC(=O)C(NC(C)Cc1cccc(F)c1)C(C)C. The standard InChI is InChI=1S/C15H22FNO2/c1-10(2)14(15(18)19-4)17-11(3)8-12-6-5-7-13(16)9-12/h5-7,9-11,14,17H,8H2,1-4H3. The molecule has 0 saturated heterocycles. The van der Waals surface area contributed by atoms with Crippen molar-refractivity contribution in [2.24, 2.45) is 5.92 Å². The fourth-order valence-corrected chi connectivity index (χ4v) is 2.04. The Morgan fingerprint density at radius 3 is 2.58 bits per heavy atom. The number of ether oxygens (including phenoxy) is 1. The molecule has 3 nitrogen and oxygen atoms in total. The molecule has 0 aliphatic rings. The van der Waals surface area contributed by atoms with Crippen molar-refractivity contribution >= 4 is 5.97 Å². The molecule has 0 fully saturated rings. The molecule has 1 aromatic rings. The van der Waals surface area contributed by atoms with E-state index in [2.05, 4.69) is 5.32 Å². The first-order valence-corrected chi connectivity index (χ1v) is 6.52. The monoisotopic (exact) mass is 267 g/mol. The number of carbonyl (C=O) groups is 1. The highest BCUT2D eigenvalue weighted by molar-refractivity contribution is 5.75. The molecule has 1 N–H and O–H groups in total. The number of nitrogens with one attached hydrogen (secondary N) is 1. The molecule has 0 bridgehead atoms. The topological polar surface area (TPSA) is 38.3 Å². The number of hydrogen-bond acceptors (Lipinski definition) is 3. The predicted molar refractivity (Wildman–Crippen MR) is 73.3 cm³/mol. The maximum absolute atomic E-state index is 13.1. The molecule has 0 saturated carbocycles. The summed E-state index contributed by atoms with van der Waals surface area (Å²) in [4.78, 5) is 11.7. The van der Waals surface area contributed by atoms with Crippen molar-refractivity contribution in [1.82, 2.24) is 5.32 Å². The first kappa shape index (κ1) is 15.6.